The molecule has 0 spiro atoms. The van der Waals surface area contributed by atoms with E-state index in [2.05, 4.69) is 9.36 Å². The van der Waals surface area contributed by atoms with Crippen LogP contribution in [0, 0.1) is 0 Å². The zero-order valence-electron chi connectivity index (χ0n) is 8.89. The van der Waals surface area contributed by atoms with E-state index in [4.69, 9.17) is 22.1 Å². The van der Waals surface area contributed by atoms with E-state index >= 15 is 0 Å². The number of ether oxygens (including phenoxy) is 1. The molecule has 1 aromatic carbocycles. The Bertz CT molecular complexity index is 533. The molecule has 17 heavy (non-hydrogen) atoms. The highest BCUT2D eigenvalue weighted by atomic mass is 35.5. The van der Waals surface area contributed by atoms with Gasteiger partial charge in [0.15, 0.2) is 5.75 Å². The summed E-state index contributed by atoms with van der Waals surface area (Å²) in [6.45, 7) is 0. The van der Waals surface area contributed by atoms with Gasteiger partial charge in [0.25, 0.3) is 5.19 Å². The van der Waals surface area contributed by atoms with Gasteiger partial charge in [-0.25, -0.2) is 0 Å². The molecular weight excluding hydrogens is 258 g/mol. The first kappa shape index (κ1) is 10.8. The lowest BCUT2D eigenvalue weighted by molar-refractivity contribution is 0.479. The zero-order valence-corrected chi connectivity index (χ0v) is 10.5. The van der Waals surface area contributed by atoms with Gasteiger partial charge >= 0.3 is 0 Å². The number of para-hydroxylation sites is 1. The van der Waals surface area contributed by atoms with Crippen molar-refractivity contribution in [2.45, 2.75) is 18.8 Å². The highest BCUT2D eigenvalue weighted by Gasteiger charge is 2.28. The number of hydrogen-bond acceptors (Lipinski definition) is 5. The quantitative estimate of drug-likeness (QED) is 0.866. The largest absolute Gasteiger partial charge is 0.426 e. The van der Waals surface area contributed by atoms with Crippen LogP contribution in [0.4, 0.5) is 5.69 Å². The molecule has 0 aliphatic heterocycles. The minimum Gasteiger partial charge on any atom is -0.426 e. The van der Waals surface area contributed by atoms with E-state index in [9.17, 15) is 0 Å². The summed E-state index contributed by atoms with van der Waals surface area (Å²) in [7, 11) is 0. The lowest BCUT2D eigenvalue weighted by Gasteiger charge is -2.06. The minimum atomic E-state index is 0.452. The van der Waals surface area contributed by atoms with Crippen LogP contribution in [0.3, 0.4) is 0 Å². The van der Waals surface area contributed by atoms with Gasteiger partial charge < -0.3 is 10.5 Å². The highest BCUT2D eigenvalue weighted by molar-refractivity contribution is 7.07. The van der Waals surface area contributed by atoms with Crippen LogP contribution in [0.2, 0.25) is 5.02 Å². The van der Waals surface area contributed by atoms with Gasteiger partial charge in [0.2, 0.25) is 0 Å². The molecule has 2 N–H and O–H groups in total. The van der Waals surface area contributed by atoms with Gasteiger partial charge in [-0.15, -0.1) is 0 Å². The molecule has 6 heteroatoms. The summed E-state index contributed by atoms with van der Waals surface area (Å²) in [4.78, 5) is 4.32. The Labute approximate surface area is 108 Å². The molecule has 1 heterocycles. The minimum absolute atomic E-state index is 0.452. The number of rotatable bonds is 3. The number of halogens is 1. The first-order valence-corrected chi connectivity index (χ1v) is 6.44. The summed E-state index contributed by atoms with van der Waals surface area (Å²) < 4.78 is 9.84. The van der Waals surface area contributed by atoms with E-state index in [1.54, 1.807) is 18.2 Å². The molecule has 1 aliphatic carbocycles. The molecule has 0 radical (unpaired) electrons. The lowest BCUT2D eigenvalue weighted by Crippen LogP contribution is -1.92. The SMILES string of the molecule is Nc1cccc(Cl)c1Oc1nc(C2CC2)ns1. The monoisotopic (exact) mass is 267 g/mol. The number of aromatic nitrogens is 2. The third-order valence-electron chi connectivity index (χ3n) is 2.55. The normalized spacial score (nSPS) is 14.9. The van der Waals surface area contributed by atoms with Crippen LogP contribution in [0.15, 0.2) is 18.2 Å². The smallest absolute Gasteiger partial charge is 0.298 e. The van der Waals surface area contributed by atoms with Crippen molar-refractivity contribution >= 4 is 28.8 Å². The Morgan fingerprint density at radius 1 is 1.41 bits per heavy atom. The molecule has 0 saturated heterocycles. The topological polar surface area (TPSA) is 61.0 Å². The van der Waals surface area contributed by atoms with Crippen molar-refractivity contribution in [1.82, 2.24) is 9.36 Å². The molecule has 0 amide bonds. The fraction of sp³-hybridized carbons (Fsp3) is 0.273. The number of hydrogen-bond donors (Lipinski definition) is 1. The summed E-state index contributed by atoms with van der Waals surface area (Å²) in [5.74, 6) is 1.84. The first-order valence-electron chi connectivity index (χ1n) is 5.29. The van der Waals surface area contributed by atoms with E-state index in [1.165, 1.54) is 24.4 Å². The molecule has 0 atom stereocenters. The van der Waals surface area contributed by atoms with Gasteiger partial charge in [0, 0.05) is 17.5 Å². The predicted octanol–water partition coefficient (Wildman–Crippen LogP) is 3.44. The predicted molar refractivity (Wildman–Crippen MR) is 67.8 cm³/mol. The molecule has 4 nitrogen and oxygen atoms in total. The first-order chi connectivity index (χ1) is 8.24. The molecule has 3 rings (SSSR count). The van der Waals surface area contributed by atoms with Crippen molar-refractivity contribution < 1.29 is 4.74 Å². The molecular formula is C11H10ClN3OS. The molecule has 2 aromatic rings. The highest BCUT2D eigenvalue weighted by Crippen LogP contribution is 2.41. The van der Waals surface area contributed by atoms with E-state index < -0.39 is 0 Å². The number of benzene rings is 1. The summed E-state index contributed by atoms with van der Waals surface area (Å²) in [5.41, 5.74) is 6.30. The van der Waals surface area contributed by atoms with E-state index in [0.29, 0.717) is 27.6 Å². The average molecular weight is 268 g/mol. The van der Waals surface area contributed by atoms with Crippen molar-refractivity contribution in [3.05, 3.63) is 29.0 Å². The zero-order chi connectivity index (χ0) is 11.8. The Morgan fingerprint density at radius 2 is 2.24 bits per heavy atom. The summed E-state index contributed by atoms with van der Waals surface area (Å²) >= 11 is 7.25. The maximum atomic E-state index is 6.01. The number of anilines is 1. The third-order valence-corrected chi connectivity index (χ3v) is 3.46. The standard InChI is InChI=1S/C11H10ClN3OS/c12-7-2-1-3-8(13)9(7)16-11-14-10(15-17-11)6-4-5-6/h1-3,6H,4-5,13H2. The van der Waals surface area contributed by atoms with Crippen molar-refractivity contribution in [2.24, 2.45) is 0 Å². The van der Waals surface area contributed by atoms with E-state index in [0.717, 1.165) is 5.82 Å². The second kappa shape index (κ2) is 4.16. The Hall–Kier alpha value is -1.33. The fourth-order valence-corrected chi connectivity index (χ4v) is 2.33. The van der Waals surface area contributed by atoms with E-state index in [1.807, 2.05) is 0 Å². The maximum absolute atomic E-state index is 6.01. The van der Waals surface area contributed by atoms with Gasteiger partial charge in [0.05, 0.1) is 10.7 Å². The Kier molecular flexibility index (Phi) is 2.64. The van der Waals surface area contributed by atoms with Crippen LogP contribution in [0.25, 0.3) is 0 Å². The summed E-state index contributed by atoms with van der Waals surface area (Å²) in [6, 6.07) is 5.25. The molecule has 0 bridgehead atoms. The Balaban J connectivity index is 1.85. The van der Waals surface area contributed by atoms with E-state index in [-0.39, 0.29) is 0 Å². The lowest BCUT2D eigenvalue weighted by atomic mass is 10.3. The van der Waals surface area contributed by atoms with Crippen molar-refractivity contribution in [3.63, 3.8) is 0 Å². The van der Waals surface area contributed by atoms with Crippen LogP contribution < -0.4 is 10.5 Å². The number of nitrogens with two attached hydrogens (primary N) is 1. The maximum Gasteiger partial charge on any atom is 0.298 e. The van der Waals surface area contributed by atoms with Gasteiger partial charge in [-0.1, -0.05) is 17.7 Å². The Morgan fingerprint density at radius 3 is 2.94 bits per heavy atom. The molecule has 88 valence electrons. The van der Waals surface area contributed by atoms with Crippen LogP contribution in [-0.2, 0) is 0 Å². The molecule has 1 fully saturated rings. The van der Waals surface area contributed by atoms with Gasteiger partial charge in [0.1, 0.15) is 5.82 Å². The summed E-state index contributed by atoms with van der Waals surface area (Å²) in [6.07, 6.45) is 2.34. The van der Waals surface area contributed by atoms with Crippen molar-refractivity contribution in [3.8, 4) is 10.9 Å². The van der Waals surface area contributed by atoms with Crippen molar-refractivity contribution in [2.75, 3.05) is 5.73 Å². The van der Waals surface area contributed by atoms with Gasteiger partial charge in [-0.05, 0) is 25.0 Å². The second-order valence-electron chi connectivity index (χ2n) is 3.95. The van der Waals surface area contributed by atoms with Crippen LogP contribution in [-0.4, -0.2) is 9.36 Å². The van der Waals surface area contributed by atoms with Gasteiger partial charge in [-0.2, -0.15) is 9.36 Å². The van der Waals surface area contributed by atoms with Crippen LogP contribution in [0.5, 0.6) is 10.9 Å². The average Bonchev–Trinajstić information content (AvgIpc) is 3.05. The number of nitrogens with zero attached hydrogens (tertiary/aromatic N) is 2. The molecule has 1 aromatic heterocycles. The third kappa shape index (κ3) is 2.21. The fourth-order valence-electron chi connectivity index (χ4n) is 1.49. The van der Waals surface area contributed by atoms with Crippen LogP contribution in [0.1, 0.15) is 24.6 Å². The molecule has 1 aliphatic rings. The summed E-state index contributed by atoms with van der Waals surface area (Å²) in [5, 5.41) is 0.972. The number of nitrogen functional groups attached to an aromatic ring is 1. The van der Waals surface area contributed by atoms with Crippen LogP contribution >= 0.6 is 23.1 Å². The van der Waals surface area contributed by atoms with Crippen molar-refractivity contribution in [1.29, 1.82) is 0 Å². The second-order valence-corrected chi connectivity index (χ2v) is 5.07. The molecule has 0 unspecified atom stereocenters. The molecule has 1 saturated carbocycles. The van der Waals surface area contributed by atoms with Gasteiger partial charge in [-0.3, -0.25) is 0 Å².